The van der Waals surface area contributed by atoms with Crippen LogP contribution in [0.4, 0.5) is 5.69 Å². The molecule has 0 radical (unpaired) electrons. The molecule has 3 N–H and O–H groups in total. The Morgan fingerprint density at radius 1 is 1.29 bits per heavy atom. The highest BCUT2D eigenvalue weighted by Gasteiger charge is 2.15. The van der Waals surface area contributed by atoms with Gasteiger partial charge in [-0.05, 0) is 18.2 Å². The van der Waals surface area contributed by atoms with Gasteiger partial charge in [-0.3, -0.25) is 4.79 Å². The monoisotopic (exact) mass is 328 g/mol. The average molecular weight is 329 g/mol. The quantitative estimate of drug-likeness (QED) is 0.803. The van der Waals surface area contributed by atoms with Gasteiger partial charge in [-0.2, -0.15) is 0 Å². The largest absolute Gasteiger partial charge is 0.496 e. The van der Waals surface area contributed by atoms with Crippen molar-refractivity contribution in [3.63, 3.8) is 0 Å². The van der Waals surface area contributed by atoms with E-state index >= 15 is 0 Å². The van der Waals surface area contributed by atoms with E-state index in [4.69, 9.17) is 33.0 Å². The molecule has 2 aromatic rings. The van der Waals surface area contributed by atoms with Gasteiger partial charge < -0.3 is 20.1 Å². The first-order valence-electron chi connectivity index (χ1n) is 5.69. The SMILES string of the molecule is COc1cc(NC(=O)c2cc(Cl)c(Cl)[nH]2)ccc1C(=O)O. The number of H-pyrrole nitrogens is 1. The number of rotatable bonds is 4. The third-order valence-corrected chi connectivity index (χ3v) is 3.35. The molecule has 0 saturated carbocycles. The zero-order valence-electron chi connectivity index (χ0n) is 10.7. The second kappa shape index (κ2) is 6.07. The number of carbonyl (C=O) groups is 2. The molecule has 8 heteroatoms. The predicted molar refractivity (Wildman–Crippen MR) is 78.7 cm³/mol. The van der Waals surface area contributed by atoms with E-state index in [0.717, 1.165) is 0 Å². The first-order valence-corrected chi connectivity index (χ1v) is 6.44. The van der Waals surface area contributed by atoms with E-state index < -0.39 is 11.9 Å². The number of aromatic amines is 1. The molecule has 0 aliphatic heterocycles. The minimum absolute atomic E-state index is 0.00135. The van der Waals surface area contributed by atoms with Gasteiger partial charge in [0.2, 0.25) is 0 Å². The molecule has 0 aliphatic rings. The van der Waals surface area contributed by atoms with Crippen molar-refractivity contribution in [1.82, 2.24) is 4.98 Å². The standard InChI is InChI=1S/C13H10Cl2N2O4/c1-21-10-4-6(2-3-7(10)13(19)20)16-12(18)9-5-8(14)11(15)17-9/h2-5,17H,1H3,(H,16,18)(H,19,20). The predicted octanol–water partition coefficient (Wildman–Crippen LogP) is 3.28. The maximum absolute atomic E-state index is 12.0. The molecule has 0 fully saturated rings. The highest BCUT2D eigenvalue weighted by molar-refractivity contribution is 6.41. The molecule has 0 bridgehead atoms. The Bertz CT molecular complexity index is 693. The molecular weight excluding hydrogens is 319 g/mol. The third-order valence-electron chi connectivity index (χ3n) is 2.66. The lowest BCUT2D eigenvalue weighted by Gasteiger charge is -2.08. The number of hydrogen-bond donors (Lipinski definition) is 3. The van der Waals surface area contributed by atoms with Crippen LogP contribution in [0.1, 0.15) is 20.8 Å². The van der Waals surface area contributed by atoms with Gasteiger partial charge in [0, 0.05) is 11.8 Å². The van der Waals surface area contributed by atoms with Crippen LogP contribution in [-0.4, -0.2) is 29.1 Å². The van der Waals surface area contributed by atoms with Crippen LogP contribution in [0.25, 0.3) is 0 Å². The Kier molecular flexibility index (Phi) is 4.40. The van der Waals surface area contributed by atoms with Crippen molar-refractivity contribution >= 4 is 40.8 Å². The normalized spacial score (nSPS) is 10.2. The van der Waals surface area contributed by atoms with Gasteiger partial charge in [0.25, 0.3) is 5.91 Å². The van der Waals surface area contributed by atoms with Crippen molar-refractivity contribution in [1.29, 1.82) is 0 Å². The number of carbonyl (C=O) groups excluding carboxylic acids is 1. The maximum Gasteiger partial charge on any atom is 0.339 e. The second-order valence-electron chi connectivity index (χ2n) is 4.02. The lowest BCUT2D eigenvalue weighted by Crippen LogP contribution is -2.12. The van der Waals surface area contributed by atoms with Gasteiger partial charge in [0.1, 0.15) is 22.2 Å². The molecule has 1 aromatic heterocycles. The summed E-state index contributed by atoms with van der Waals surface area (Å²) in [5, 5.41) is 12.0. The fraction of sp³-hybridized carbons (Fsp3) is 0.0769. The van der Waals surface area contributed by atoms with E-state index in [9.17, 15) is 9.59 Å². The summed E-state index contributed by atoms with van der Waals surface area (Å²) in [4.78, 5) is 25.6. The number of carboxylic acids is 1. The molecule has 1 amide bonds. The molecular formula is C13H10Cl2N2O4. The van der Waals surface area contributed by atoms with Crippen LogP contribution < -0.4 is 10.1 Å². The fourth-order valence-corrected chi connectivity index (χ4v) is 1.98. The summed E-state index contributed by atoms with van der Waals surface area (Å²) in [6.45, 7) is 0. The van der Waals surface area contributed by atoms with E-state index in [1.54, 1.807) is 0 Å². The number of benzene rings is 1. The number of halogens is 2. The van der Waals surface area contributed by atoms with Gasteiger partial charge in [-0.25, -0.2) is 4.79 Å². The topological polar surface area (TPSA) is 91.4 Å². The summed E-state index contributed by atoms with van der Waals surface area (Å²) in [7, 11) is 1.35. The fourth-order valence-electron chi connectivity index (χ4n) is 1.67. The first-order chi connectivity index (χ1) is 9.92. The Balaban J connectivity index is 2.23. The van der Waals surface area contributed by atoms with Crippen LogP contribution >= 0.6 is 23.2 Å². The van der Waals surface area contributed by atoms with Gasteiger partial charge >= 0.3 is 5.97 Å². The molecule has 1 heterocycles. The zero-order chi connectivity index (χ0) is 15.6. The van der Waals surface area contributed by atoms with Crippen LogP contribution in [0.3, 0.4) is 0 Å². The number of aromatic carboxylic acids is 1. The van der Waals surface area contributed by atoms with Crippen molar-refractivity contribution in [2.45, 2.75) is 0 Å². The second-order valence-corrected chi connectivity index (χ2v) is 4.80. The van der Waals surface area contributed by atoms with Crippen LogP contribution in [0.2, 0.25) is 10.2 Å². The van der Waals surface area contributed by atoms with E-state index in [0.29, 0.717) is 5.69 Å². The van der Waals surface area contributed by atoms with Crippen LogP contribution in [0.15, 0.2) is 24.3 Å². The molecule has 1 aromatic carbocycles. The Labute approximate surface area is 129 Å². The summed E-state index contributed by atoms with van der Waals surface area (Å²) in [5.74, 6) is -1.44. The maximum atomic E-state index is 12.0. The van der Waals surface area contributed by atoms with E-state index in [-0.39, 0.29) is 27.2 Å². The number of methoxy groups -OCH3 is 1. The molecule has 6 nitrogen and oxygen atoms in total. The Hall–Kier alpha value is -2.18. The molecule has 0 spiro atoms. The minimum Gasteiger partial charge on any atom is -0.496 e. The number of hydrogen-bond acceptors (Lipinski definition) is 3. The number of aromatic nitrogens is 1. The summed E-state index contributed by atoms with van der Waals surface area (Å²) in [5.41, 5.74) is 0.566. The minimum atomic E-state index is -1.12. The molecule has 2 rings (SSSR count). The summed E-state index contributed by atoms with van der Waals surface area (Å²) in [6, 6.07) is 5.59. The number of anilines is 1. The number of carboxylic acid groups (broad SMARTS) is 1. The van der Waals surface area contributed by atoms with Crippen molar-refractivity contribution in [2.24, 2.45) is 0 Å². The van der Waals surface area contributed by atoms with Crippen molar-refractivity contribution in [3.05, 3.63) is 45.7 Å². The Morgan fingerprint density at radius 3 is 2.52 bits per heavy atom. The first kappa shape index (κ1) is 15.2. The van der Waals surface area contributed by atoms with Gasteiger partial charge in [-0.15, -0.1) is 0 Å². The van der Waals surface area contributed by atoms with Gasteiger partial charge in [0.05, 0.1) is 12.1 Å². The summed E-state index contributed by atoms with van der Waals surface area (Å²) in [6.07, 6.45) is 0. The smallest absolute Gasteiger partial charge is 0.339 e. The lowest BCUT2D eigenvalue weighted by molar-refractivity contribution is 0.0693. The van der Waals surface area contributed by atoms with Crippen LogP contribution in [0, 0.1) is 0 Å². The molecule has 110 valence electrons. The molecule has 0 saturated heterocycles. The van der Waals surface area contributed by atoms with Crippen molar-refractivity contribution < 1.29 is 19.4 Å². The van der Waals surface area contributed by atoms with E-state index in [1.807, 2.05) is 0 Å². The molecule has 21 heavy (non-hydrogen) atoms. The molecule has 0 unspecified atom stereocenters. The van der Waals surface area contributed by atoms with Gasteiger partial charge in [-0.1, -0.05) is 23.2 Å². The Morgan fingerprint density at radius 2 is 2.00 bits per heavy atom. The van der Waals surface area contributed by atoms with Crippen molar-refractivity contribution in [3.8, 4) is 5.75 Å². The van der Waals surface area contributed by atoms with Crippen LogP contribution in [-0.2, 0) is 0 Å². The van der Waals surface area contributed by atoms with E-state index in [2.05, 4.69) is 10.3 Å². The summed E-state index contributed by atoms with van der Waals surface area (Å²) < 4.78 is 4.98. The average Bonchev–Trinajstić information content (AvgIpc) is 2.78. The number of nitrogens with one attached hydrogen (secondary N) is 2. The highest BCUT2D eigenvalue weighted by Crippen LogP contribution is 2.25. The third kappa shape index (κ3) is 3.29. The highest BCUT2D eigenvalue weighted by atomic mass is 35.5. The summed E-state index contributed by atoms with van der Waals surface area (Å²) >= 11 is 11.5. The number of amides is 1. The molecule has 0 aliphatic carbocycles. The van der Waals surface area contributed by atoms with Crippen molar-refractivity contribution in [2.75, 3.05) is 12.4 Å². The number of ether oxygens (including phenoxy) is 1. The lowest BCUT2D eigenvalue weighted by atomic mass is 10.2. The van der Waals surface area contributed by atoms with Crippen LogP contribution in [0.5, 0.6) is 5.75 Å². The van der Waals surface area contributed by atoms with Gasteiger partial charge in [0.15, 0.2) is 0 Å². The molecule has 0 atom stereocenters. The van der Waals surface area contributed by atoms with E-state index in [1.165, 1.54) is 31.4 Å². The zero-order valence-corrected chi connectivity index (χ0v) is 12.2.